The predicted molar refractivity (Wildman–Crippen MR) is 21.4 cm³/mol. The summed E-state index contributed by atoms with van der Waals surface area (Å²) in [5.41, 5.74) is 0. The molecule has 0 amide bonds. The molecule has 0 radical (unpaired) electrons. The minimum absolute atomic E-state index is 0. The van der Waals surface area contributed by atoms with Crippen molar-refractivity contribution in [3.05, 3.63) is 12.8 Å². The first-order valence-electron chi connectivity index (χ1n) is 1.19. The first-order valence-corrected chi connectivity index (χ1v) is 1.19. The molecule has 1 heterocycles. The van der Waals surface area contributed by atoms with Gasteiger partial charge in [0.2, 0.25) is 12.8 Å². The van der Waals surface area contributed by atoms with Crippen LogP contribution in [0.5, 0.6) is 0 Å². The van der Waals surface area contributed by atoms with Gasteiger partial charge in [0.05, 0.1) is 0 Å². The summed E-state index contributed by atoms with van der Waals surface area (Å²) in [6.45, 7) is 0. The summed E-state index contributed by atoms with van der Waals surface area (Å²) >= 11 is 0. The fraction of sp³-hybridized carbons (Fsp3) is 0. The molecule has 6 heavy (non-hydrogen) atoms. The summed E-state index contributed by atoms with van der Waals surface area (Å²) in [6, 6.07) is 0. The molecule has 0 bridgehead atoms. The van der Waals surface area contributed by atoms with Crippen LogP contribution in [0.1, 0.15) is 0 Å². The quantitative estimate of drug-likeness (QED) is 0.390. The Bertz CT molecular complexity index is 68.0. The van der Waals surface area contributed by atoms with E-state index in [1.807, 2.05) is 0 Å². The van der Waals surface area contributed by atoms with Crippen molar-refractivity contribution in [2.24, 2.45) is 0 Å². The summed E-state index contributed by atoms with van der Waals surface area (Å²) in [5, 5.41) is 6.61. The molecule has 0 saturated carbocycles. The molecule has 0 unspecified atom stereocenters. The van der Waals surface area contributed by atoms with Crippen LogP contribution < -0.4 is 0 Å². The second-order valence-electron chi connectivity index (χ2n) is 0.578. The molecule has 4 heteroatoms. The molecule has 1 aromatic rings. The van der Waals surface area contributed by atoms with Gasteiger partial charge in [0.1, 0.15) is 0 Å². The molecule has 0 aliphatic rings. The first-order chi connectivity index (χ1) is 2.50. The number of hydrogen-bond acceptors (Lipinski definition) is 3. The molecule has 3 nitrogen and oxygen atoms in total. The van der Waals surface area contributed by atoms with Crippen molar-refractivity contribution < 1.29 is 4.42 Å². The van der Waals surface area contributed by atoms with Crippen LogP contribution in [0.3, 0.4) is 0 Å². The van der Waals surface area contributed by atoms with E-state index in [2.05, 4.69) is 14.6 Å². The van der Waals surface area contributed by atoms with Crippen LogP contribution in [-0.4, -0.2) is 29.1 Å². The number of rotatable bonds is 0. The molecule has 0 spiro atoms. The summed E-state index contributed by atoms with van der Waals surface area (Å²) in [5.74, 6) is 0. The zero-order valence-electron chi connectivity index (χ0n) is 2.46. The van der Waals surface area contributed by atoms with Gasteiger partial charge in [0.15, 0.2) is 0 Å². The first kappa shape index (κ1) is 5.74. The Morgan fingerprint density at radius 1 is 1.17 bits per heavy atom. The van der Waals surface area contributed by atoms with E-state index in [4.69, 9.17) is 0 Å². The minimum atomic E-state index is 0. The normalized spacial score (nSPS) is 6.67. The Morgan fingerprint density at radius 3 is 1.83 bits per heavy atom. The summed E-state index contributed by atoms with van der Waals surface area (Å²) in [6.07, 6.45) is 2.53. The van der Waals surface area contributed by atoms with E-state index >= 15 is 0 Å². The smallest absolute Gasteiger partial charge is 0.203 e. The topological polar surface area (TPSA) is 38.9 Å². The van der Waals surface area contributed by atoms with Crippen molar-refractivity contribution in [2.75, 3.05) is 0 Å². The Hall–Kier alpha value is -0.263. The van der Waals surface area contributed by atoms with Crippen LogP contribution in [-0.2, 0) is 0 Å². The van der Waals surface area contributed by atoms with Crippen LogP contribution in [0.4, 0.5) is 0 Å². The Balaban J connectivity index is 0.000000250. The average Bonchev–Trinajstić information content (AvgIpc) is 1.76. The molecule has 0 aliphatic carbocycles. The predicted octanol–water partition coefficient (Wildman–Crippen LogP) is -0.579. The maximum atomic E-state index is 4.36. The minimum Gasteiger partial charge on any atom is -0.431 e. The SMILES string of the molecule is [LiH].c1nnco1. The van der Waals surface area contributed by atoms with E-state index in [1.165, 1.54) is 12.8 Å². The Morgan fingerprint density at radius 2 is 1.67 bits per heavy atom. The van der Waals surface area contributed by atoms with E-state index in [-0.39, 0.29) is 18.9 Å². The fourth-order valence-corrected chi connectivity index (χ4v) is 0.136. The molecule has 1 aromatic heterocycles. The second kappa shape index (κ2) is 2.95. The van der Waals surface area contributed by atoms with E-state index in [9.17, 15) is 0 Å². The van der Waals surface area contributed by atoms with Crippen LogP contribution in [0, 0.1) is 0 Å². The molecule has 0 saturated heterocycles. The van der Waals surface area contributed by atoms with E-state index < -0.39 is 0 Å². The molecule has 28 valence electrons. The van der Waals surface area contributed by atoms with Gasteiger partial charge in [-0.2, -0.15) is 0 Å². The van der Waals surface area contributed by atoms with Crippen molar-refractivity contribution in [3.8, 4) is 0 Å². The molecule has 0 fully saturated rings. The van der Waals surface area contributed by atoms with E-state index in [1.54, 1.807) is 0 Å². The van der Waals surface area contributed by atoms with Crippen LogP contribution >= 0.6 is 0 Å². The number of nitrogens with zero attached hydrogens (tertiary/aromatic N) is 2. The van der Waals surface area contributed by atoms with Gasteiger partial charge in [0.25, 0.3) is 0 Å². The maximum absolute atomic E-state index is 4.36. The Kier molecular flexibility index (Phi) is 2.82. The fourth-order valence-electron chi connectivity index (χ4n) is 0.136. The van der Waals surface area contributed by atoms with E-state index in [0.29, 0.717) is 0 Å². The van der Waals surface area contributed by atoms with Gasteiger partial charge >= 0.3 is 18.9 Å². The summed E-state index contributed by atoms with van der Waals surface area (Å²) in [4.78, 5) is 0. The van der Waals surface area contributed by atoms with Gasteiger partial charge < -0.3 is 4.42 Å². The average molecular weight is 78.0 g/mol. The molecule has 0 aromatic carbocycles. The van der Waals surface area contributed by atoms with Crippen LogP contribution in [0.2, 0.25) is 0 Å². The zero-order chi connectivity index (χ0) is 3.54. The standard InChI is InChI=1S/C2H2N2O.Li.H/c1-3-4-2-5-1;;/h1-2H;;. The van der Waals surface area contributed by atoms with Gasteiger partial charge in [-0.15, -0.1) is 10.2 Å². The van der Waals surface area contributed by atoms with Gasteiger partial charge in [0, 0.05) is 0 Å². The molecule has 0 aliphatic heterocycles. The van der Waals surface area contributed by atoms with Crippen molar-refractivity contribution in [2.45, 2.75) is 0 Å². The largest absolute Gasteiger partial charge is 0.431 e. The third kappa shape index (κ3) is 1.25. The van der Waals surface area contributed by atoms with Crippen molar-refractivity contribution in [1.82, 2.24) is 10.2 Å². The van der Waals surface area contributed by atoms with Gasteiger partial charge in [-0.3, -0.25) is 0 Å². The Labute approximate surface area is 46.9 Å². The number of aromatic nitrogens is 2. The van der Waals surface area contributed by atoms with Crippen molar-refractivity contribution in [3.63, 3.8) is 0 Å². The van der Waals surface area contributed by atoms with Crippen LogP contribution in [0.15, 0.2) is 17.2 Å². The van der Waals surface area contributed by atoms with E-state index in [0.717, 1.165) is 0 Å². The zero-order valence-corrected chi connectivity index (χ0v) is 2.46. The summed E-state index contributed by atoms with van der Waals surface area (Å²) in [7, 11) is 0. The molecular formula is C2H3LiN2O. The monoisotopic (exact) mass is 78.0 g/mol. The van der Waals surface area contributed by atoms with Crippen LogP contribution in [0.25, 0.3) is 0 Å². The van der Waals surface area contributed by atoms with Gasteiger partial charge in [-0.25, -0.2) is 0 Å². The maximum Gasteiger partial charge on any atom is 0.203 e. The third-order valence-corrected chi connectivity index (χ3v) is 0.283. The molecule has 0 N–H and O–H groups in total. The summed E-state index contributed by atoms with van der Waals surface area (Å²) < 4.78 is 4.36. The third-order valence-electron chi connectivity index (χ3n) is 0.283. The molecular weight excluding hydrogens is 75.0 g/mol. The molecule has 0 atom stereocenters. The number of hydrogen-bond donors (Lipinski definition) is 0. The van der Waals surface area contributed by atoms with Gasteiger partial charge in [-0.1, -0.05) is 0 Å². The van der Waals surface area contributed by atoms with Gasteiger partial charge in [-0.05, 0) is 0 Å². The van der Waals surface area contributed by atoms with Crippen molar-refractivity contribution in [1.29, 1.82) is 0 Å². The van der Waals surface area contributed by atoms with Crippen molar-refractivity contribution >= 4 is 18.9 Å². The molecule has 1 rings (SSSR count). The second-order valence-corrected chi connectivity index (χ2v) is 0.578.